The van der Waals surface area contributed by atoms with Gasteiger partial charge in [0.15, 0.2) is 0 Å². The van der Waals surface area contributed by atoms with E-state index < -0.39 is 0 Å². The highest BCUT2D eigenvalue weighted by atomic mass is 32.1. The molecule has 2 heterocycles. The monoisotopic (exact) mass is 328 g/mol. The SMILES string of the molecule is Cc1cc(=O)n2nc(CNC(c3ccccc3)C(C)C)sc2n1. The van der Waals surface area contributed by atoms with Crippen LogP contribution in [0.5, 0.6) is 0 Å². The van der Waals surface area contributed by atoms with Crippen LogP contribution < -0.4 is 10.9 Å². The van der Waals surface area contributed by atoms with Crippen LogP contribution >= 0.6 is 11.3 Å². The summed E-state index contributed by atoms with van der Waals surface area (Å²) in [5.41, 5.74) is 1.86. The van der Waals surface area contributed by atoms with Crippen molar-refractivity contribution in [3.05, 3.63) is 63.0 Å². The minimum absolute atomic E-state index is 0.126. The summed E-state index contributed by atoms with van der Waals surface area (Å²) in [5, 5.41) is 8.79. The molecule has 0 fully saturated rings. The molecule has 0 spiro atoms. The first-order valence-corrected chi connectivity index (χ1v) is 8.51. The maximum atomic E-state index is 11.9. The van der Waals surface area contributed by atoms with Crippen LogP contribution in [0.25, 0.3) is 4.96 Å². The quantitative estimate of drug-likeness (QED) is 0.782. The van der Waals surface area contributed by atoms with E-state index in [1.165, 1.54) is 27.5 Å². The Bertz CT molecular complexity index is 854. The maximum Gasteiger partial charge on any atom is 0.275 e. The van der Waals surface area contributed by atoms with E-state index in [4.69, 9.17) is 0 Å². The van der Waals surface area contributed by atoms with Gasteiger partial charge in [-0.15, -0.1) is 0 Å². The lowest BCUT2D eigenvalue weighted by atomic mass is 9.96. The van der Waals surface area contributed by atoms with E-state index in [1.54, 1.807) is 0 Å². The zero-order valence-electron chi connectivity index (χ0n) is 13.5. The Morgan fingerprint density at radius 1 is 1.26 bits per heavy atom. The highest BCUT2D eigenvalue weighted by Gasteiger charge is 2.16. The van der Waals surface area contributed by atoms with Gasteiger partial charge in [-0.1, -0.05) is 55.5 Å². The zero-order chi connectivity index (χ0) is 16.4. The summed E-state index contributed by atoms with van der Waals surface area (Å²) in [4.78, 5) is 16.9. The third kappa shape index (κ3) is 3.48. The van der Waals surface area contributed by atoms with Crippen LogP contribution in [0.3, 0.4) is 0 Å². The zero-order valence-corrected chi connectivity index (χ0v) is 14.3. The minimum Gasteiger partial charge on any atom is -0.303 e. The smallest absolute Gasteiger partial charge is 0.275 e. The van der Waals surface area contributed by atoms with Crippen molar-refractivity contribution < 1.29 is 0 Å². The minimum atomic E-state index is -0.126. The first-order valence-electron chi connectivity index (χ1n) is 7.69. The lowest BCUT2D eigenvalue weighted by Gasteiger charge is -2.22. The summed E-state index contributed by atoms with van der Waals surface area (Å²) in [6, 6.07) is 12.1. The van der Waals surface area contributed by atoms with Gasteiger partial charge in [0, 0.05) is 17.8 Å². The summed E-state index contributed by atoms with van der Waals surface area (Å²) in [7, 11) is 0. The van der Waals surface area contributed by atoms with Gasteiger partial charge < -0.3 is 5.32 Å². The molecule has 0 saturated heterocycles. The van der Waals surface area contributed by atoms with Crippen LogP contribution in [0.2, 0.25) is 0 Å². The Morgan fingerprint density at radius 2 is 2.00 bits per heavy atom. The van der Waals surface area contributed by atoms with Crippen LogP contribution in [0.1, 0.15) is 36.2 Å². The van der Waals surface area contributed by atoms with Gasteiger partial charge in [0.05, 0.1) is 6.54 Å². The summed E-state index contributed by atoms with van der Waals surface area (Å²) < 4.78 is 1.38. The van der Waals surface area contributed by atoms with Crippen molar-refractivity contribution in [2.45, 2.75) is 33.4 Å². The second-order valence-electron chi connectivity index (χ2n) is 5.94. The average molecular weight is 328 g/mol. The van der Waals surface area contributed by atoms with E-state index in [1.807, 2.05) is 13.0 Å². The van der Waals surface area contributed by atoms with Crippen molar-refractivity contribution in [3.8, 4) is 0 Å². The molecule has 0 aliphatic heterocycles. The molecule has 3 rings (SSSR count). The standard InChI is InChI=1S/C17H20N4OS/c1-11(2)16(13-7-5-4-6-8-13)18-10-14-20-21-15(22)9-12(3)19-17(21)23-14/h4-9,11,16,18H,10H2,1-3H3. The molecule has 120 valence electrons. The fraction of sp³-hybridized carbons (Fsp3) is 0.353. The largest absolute Gasteiger partial charge is 0.303 e. The fourth-order valence-electron chi connectivity index (χ4n) is 2.63. The fourth-order valence-corrected chi connectivity index (χ4v) is 3.52. The highest BCUT2D eigenvalue weighted by molar-refractivity contribution is 7.16. The Morgan fingerprint density at radius 3 is 2.70 bits per heavy atom. The van der Waals surface area contributed by atoms with E-state index >= 15 is 0 Å². The van der Waals surface area contributed by atoms with E-state index in [9.17, 15) is 4.79 Å². The van der Waals surface area contributed by atoms with Gasteiger partial charge in [-0.3, -0.25) is 4.79 Å². The van der Waals surface area contributed by atoms with Gasteiger partial charge in [-0.2, -0.15) is 9.61 Å². The molecule has 1 unspecified atom stereocenters. The average Bonchev–Trinajstić information content (AvgIpc) is 2.91. The predicted molar refractivity (Wildman–Crippen MR) is 92.7 cm³/mol. The van der Waals surface area contributed by atoms with Crippen LogP contribution in [-0.4, -0.2) is 14.6 Å². The number of hydrogen-bond acceptors (Lipinski definition) is 5. The number of aryl methyl sites for hydroxylation is 1. The van der Waals surface area contributed by atoms with Crippen molar-refractivity contribution in [1.29, 1.82) is 0 Å². The highest BCUT2D eigenvalue weighted by Crippen LogP contribution is 2.22. The van der Waals surface area contributed by atoms with E-state index in [0.29, 0.717) is 17.4 Å². The van der Waals surface area contributed by atoms with E-state index in [0.717, 1.165) is 10.7 Å². The van der Waals surface area contributed by atoms with Gasteiger partial charge in [-0.05, 0) is 18.4 Å². The molecule has 0 bridgehead atoms. The summed E-state index contributed by atoms with van der Waals surface area (Å²) in [6.07, 6.45) is 0. The molecule has 0 aliphatic carbocycles. The number of nitrogens with zero attached hydrogens (tertiary/aromatic N) is 3. The van der Waals surface area contributed by atoms with Gasteiger partial charge in [0.25, 0.3) is 5.56 Å². The first-order chi connectivity index (χ1) is 11.0. The Kier molecular flexibility index (Phi) is 4.54. The molecular weight excluding hydrogens is 308 g/mol. The molecular formula is C17H20N4OS. The number of fused-ring (bicyclic) bond motifs is 1. The molecule has 0 saturated carbocycles. The summed E-state index contributed by atoms with van der Waals surface area (Å²) in [5.74, 6) is 0.454. The molecule has 0 aliphatic rings. The van der Waals surface area contributed by atoms with Crippen molar-refractivity contribution in [2.24, 2.45) is 5.92 Å². The number of aromatic nitrogens is 3. The second-order valence-corrected chi connectivity index (χ2v) is 6.98. The molecule has 6 heteroatoms. The second kappa shape index (κ2) is 6.60. The van der Waals surface area contributed by atoms with E-state index in [-0.39, 0.29) is 11.6 Å². The van der Waals surface area contributed by atoms with E-state index in [2.05, 4.69) is 53.5 Å². The summed E-state index contributed by atoms with van der Waals surface area (Å²) >= 11 is 1.45. The molecule has 5 nitrogen and oxygen atoms in total. The lowest BCUT2D eigenvalue weighted by molar-refractivity contribution is 0.409. The Labute approximate surface area is 139 Å². The normalized spacial score (nSPS) is 12.9. The number of rotatable bonds is 5. The molecule has 0 radical (unpaired) electrons. The van der Waals surface area contributed by atoms with Gasteiger partial charge in [0.2, 0.25) is 4.96 Å². The van der Waals surface area contributed by atoms with Crippen LogP contribution in [0.4, 0.5) is 0 Å². The number of benzene rings is 1. The maximum absolute atomic E-state index is 11.9. The number of hydrogen-bond donors (Lipinski definition) is 1. The number of nitrogens with one attached hydrogen (secondary N) is 1. The van der Waals surface area contributed by atoms with Crippen molar-refractivity contribution in [2.75, 3.05) is 0 Å². The van der Waals surface area contributed by atoms with Crippen LogP contribution in [0.15, 0.2) is 41.2 Å². The van der Waals surface area contributed by atoms with Crippen LogP contribution in [0, 0.1) is 12.8 Å². The summed E-state index contributed by atoms with van der Waals surface area (Å²) in [6.45, 7) is 6.82. The third-order valence-electron chi connectivity index (χ3n) is 3.71. The Hall–Kier alpha value is -2.05. The third-order valence-corrected chi connectivity index (χ3v) is 4.62. The molecule has 0 amide bonds. The molecule has 1 atom stereocenters. The van der Waals surface area contributed by atoms with Crippen molar-refractivity contribution in [1.82, 2.24) is 19.9 Å². The van der Waals surface area contributed by atoms with Crippen molar-refractivity contribution in [3.63, 3.8) is 0 Å². The van der Waals surface area contributed by atoms with Gasteiger partial charge in [-0.25, -0.2) is 4.98 Å². The molecule has 3 aromatic rings. The molecule has 2 aromatic heterocycles. The molecule has 1 N–H and O–H groups in total. The topological polar surface area (TPSA) is 59.3 Å². The predicted octanol–water partition coefficient (Wildman–Crippen LogP) is 2.95. The first kappa shape index (κ1) is 15.8. The Balaban J connectivity index is 1.81. The van der Waals surface area contributed by atoms with Gasteiger partial charge in [0.1, 0.15) is 5.01 Å². The van der Waals surface area contributed by atoms with Gasteiger partial charge >= 0.3 is 0 Å². The molecule has 1 aromatic carbocycles. The van der Waals surface area contributed by atoms with Crippen LogP contribution in [-0.2, 0) is 6.54 Å². The van der Waals surface area contributed by atoms with Crippen molar-refractivity contribution >= 4 is 16.3 Å². The molecule has 23 heavy (non-hydrogen) atoms. The lowest BCUT2D eigenvalue weighted by Crippen LogP contribution is -2.25.